The number of benzene rings is 1. The van der Waals surface area contributed by atoms with Gasteiger partial charge in [0.1, 0.15) is 6.23 Å². The van der Waals surface area contributed by atoms with E-state index in [-0.39, 0.29) is 0 Å². The third-order valence-electron chi connectivity index (χ3n) is 1.53. The number of hydrogen-bond acceptors (Lipinski definition) is 2. The van der Waals surface area contributed by atoms with Crippen LogP contribution in [0.1, 0.15) is 11.8 Å². The van der Waals surface area contributed by atoms with Crippen molar-refractivity contribution in [2.75, 3.05) is 7.11 Å². The molecule has 4 heteroatoms. The molecule has 1 aromatic rings. The van der Waals surface area contributed by atoms with Crippen LogP contribution in [0.5, 0.6) is 0 Å². The fraction of sp³-hybridized carbons (Fsp3) is 0.250. The largest absolute Gasteiger partial charge is 0.363 e. The highest BCUT2D eigenvalue weighted by Gasteiger charge is 2.05. The zero-order chi connectivity index (χ0) is 9.14. The molecule has 0 aromatic heterocycles. The Labute approximate surface area is 81.2 Å². The van der Waals surface area contributed by atoms with E-state index >= 15 is 0 Å². The van der Waals surface area contributed by atoms with Gasteiger partial charge in [-0.15, -0.1) is 0 Å². The minimum Gasteiger partial charge on any atom is -0.363 e. The second-order valence-electron chi connectivity index (χ2n) is 2.33. The SMILES string of the molecule is COC(N)c1ccc(Cl)c(Cl)c1. The molecule has 0 fully saturated rings. The van der Waals surface area contributed by atoms with Gasteiger partial charge in [0, 0.05) is 7.11 Å². The van der Waals surface area contributed by atoms with Crippen molar-refractivity contribution in [3.8, 4) is 0 Å². The first-order valence-electron chi connectivity index (χ1n) is 3.38. The van der Waals surface area contributed by atoms with Gasteiger partial charge in [-0.05, 0) is 17.7 Å². The Hall–Kier alpha value is -0.280. The van der Waals surface area contributed by atoms with E-state index in [0.717, 1.165) is 5.56 Å². The molecule has 0 radical (unpaired) electrons. The summed E-state index contributed by atoms with van der Waals surface area (Å²) in [5, 5.41) is 1.00. The maximum absolute atomic E-state index is 5.77. The highest BCUT2D eigenvalue weighted by atomic mass is 35.5. The van der Waals surface area contributed by atoms with Crippen LogP contribution in [-0.4, -0.2) is 7.11 Å². The highest BCUT2D eigenvalue weighted by molar-refractivity contribution is 6.42. The summed E-state index contributed by atoms with van der Waals surface area (Å²) in [6.07, 6.45) is -0.445. The molecule has 0 aliphatic heterocycles. The highest BCUT2D eigenvalue weighted by Crippen LogP contribution is 2.24. The van der Waals surface area contributed by atoms with Gasteiger partial charge in [0.15, 0.2) is 0 Å². The van der Waals surface area contributed by atoms with Crippen LogP contribution in [0.15, 0.2) is 18.2 Å². The topological polar surface area (TPSA) is 35.2 Å². The summed E-state index contributed by atoms with van der Waals surface area (Å²) in [7, 11) is 1.53. The van der Waals surface area contributed by atoms with Crippen LogP contribution >= 0.6 is 23.2 Å². The van der Waals surface area contributed by atoms with Crippen LogP contribution in [0, 0.1) is 0 Å². The van der Waals surface area contributed by atoms with E-state index in [1.807, 2.05) is 0 Å². The normalized spacial score (nSPS) is 13.0. The van der Waals surface area contributed by atoms with E-state index in [2.05, 4.69) is 0 Å². The van der Waals surface area contributed by atoms with E-state index in [4.69, 9.17) is 33.7 Å². The van der Waals surface area contributed by atoms with Crippen molar-refractivity contribution in [1.82, 2.24) is 0 Å². The van der Waals surface area contributed by atoms with Crippen LogP contribution in [0.4, 0.5) is 0 Å². The number of rotatable bonds is 2. The van der Waals surface area contributed by atoms with Crippen molar-refractivity contribution in [2.45, 2.75) is 6.23 Å². The minimum absolute atomic E-state index is 0.445. The minimum atomic E-state index is -0.445. The van der Waals surface area contributed by atoms with Crippen LogP contribution in [-0.2, 0) is 4.74 Å². The molecule has 1 unspecified atom stereocenters. The summed E-state index contributed by atoms with van der Waals surface area (Å²) in [4.78, 5) is 0. The third kappa shape index (κ3) is 2.11. The molecule has 66 valence electrons. The molecule has 1 rings (SSSR count). The third-order valence-corrected chi connectivity index (χ3v) is 2.27. The number of methoxy groups -OCH3 is 1. The van der Waals surface area contributed by atoms with Crippen LogP contribution in [0.2, 0.25) is 10.0 Å². The van der Waals surface area contributed by atoms with Crippen LogP contribution in [0.3, 0.4) is 0 Å². The molecule has 2 nitrogen and oxygen atoms in total. The predicted molar refractivity (Wildman–Crippen MR) is 50.4 cm³/mol. The smallest absolute Gasteiger partial charge is 0.131 e. The van der Waals surface area contributed by atoms with Crippen LogP contribution in [0.25, 0.3) is 0 Å². The zero-order valence-electron chi connectivity index (χ0n) is 6.55. The first kappa shape index (κ1) is 9.81. The fourth-order valence-electron chi connectivity index (χ4n) is 0.825. The summed E-state index contributed by atoms with van der Waals surface area (Å²) in [5.74, 6) is 0. The van der Waals surface area contributed by atoms with Gasteiger partial charge < -0.3 is 10.5 Å². The molecule has 0 saturated carbocycles. The summed E-state index contributed by atoms with van der Waals surface area (Å²) in [5.41, 5.74) is 6.40. The molecular formula is C8H9Cl2NO. The average Bonchev–Trinajstić information content (AvgIpc) is 2.08. The van der Waals surface area contributed by atoms with Gasteiger partial charge in [0.25, 0.3) is 0 Å². The summed E-state index contributed by atoms with van der Waals surface area (Å²) >= 11 is 11.5. The van der Waals surface area contributed by atoms with E-state index in [1.165, 1.54) is 7.11 Å². The lowest BCUT2D eigenvalue weighted by Gasteiger charge is -2.09. The summed E-state index contributed by atoms with van der Waals surface area (Å²) in [6.45, 7) is 0. The molecule has 0 aliphatic carbocycles. The Balaban J connectivity index is 2.96. The standard InChI is InChI=1S/C8H9Cl2NO/c1-12-8(11)5-2-3-6(9)7(10)4-5/h2-4,8H,11H2,1H3. The molecule has 1 atom stereocenters. The van der Waals surface area contributed by atoms with Crippen molar-refractivity contribution in [3.05, 3.63) is 33.8 Å². The fourth-order valence-corrected chi connectivity index (χ4v) is 1.13. The first-order chi connectivity index (χ1) is 5.65. The van der Waals surface area contributed by atoms with Gasteiger partial charge >= 0.3 is 0 Å². The number of nitrogens with two attached hydrogens (primary N) is 1. The predicted octanol–water partition coefficient (Wildman–Crippen LogP) is 2.60. The first-order valence-corrected chi connectivity index (χ1v) is 4.14. The van der Waals surface area contributed by atoms with E-state index < -0.39 is 6.23 Å². The molecule has 0 aliphatic rings. The second kappa shape index (κ2) is 4.10. The van der Waals surface area contributed by atoms with E-state index in [1.54, 1.807) is 18.2 Å². The lowest BCUT2D eigenvalue weighted by Crippen LogP contribution is -2.11. The van der Waals surface area contributed by atoms with Gasteiger partial charge in [0.2, 0.25) is 0 Å². The van der Waals surface area contributed by atoms with E-state index in [0.29, 0.717) is 10.0 Å². The molecule has 0 bridgehead atoms. The Morgan fingerprint density at radius 3 is 2.50 bits per heavy atom. The van der Waals surface area contributed by atoms with Crippen molar-refractivity contribution in [3.63, 3.8) is 0 Å². The summed E-state index contributed by atoms with van der Waals surface area (Å²) in [6, 6.07) is 5.17. The maximum Gasteiger partial charge on any atom is 0.131 e. The summed E-state index contributed by atoms with van der Waals surface area (Å²) < 4.78 is 4.91. The van der Waals surface area contributed by atoms with Crippen molar-refractivity contribution >= 4 is 23.2 Å². The molecular weight excluding hydrogens is 197 g/mol. The van der Waals surface area contributed by atoms with E-state index in [9.17, 15) is 0 Å². The van der Waals surface area contributed by atoms with Gasteiger partial charge in [-0.2, -0.15) is 0 Å². The van der Waals surface area contributed by atoms with Crippen molar-refractivity contribution in [2.24, 2.45) is 5.73 Å². The zero-order valence-corrected chi connectivity index (χ0v) is 8.06. The Kier molecular flexibility index (Phi) is 3.35. The molecule has 0 spiro atoms. The number of ether oxygens (including phenoxy) is 1. The molecule has 0 amide bonds. The molecule has 12 heavy (non-hydrogen) atoms. The molecule has 2 N–H and O–H groups in total. The van der Waals surface area contributed by atoms with Gasteiger partial charge in [0.05, 0.1) is 10.0 Å². The number of hydrogen-bond donors (Lipinski definition) is 1. The van der Waals surface area contributed by atoms with Crippen molar-refractivity contribution < 1.29 is 4.74 Å². The molecule has 0 heterocycles. The lowest BCUT2D eigenvalue weighted by molar-refractivity contribution is 0.109. The maximum atomic E-state index is 5.77. The van der Waals surface area contributed by atoms with Gasteiger partial charge in [-0.1, -0.05) is 29.3 Å². The quantitative estimate of drug-likeness (QED) is 0.754. The average molecular weight is 206 g/mol. The Morgan fingerprint density at radius 1 is 1.33 bits per heavy atom. The van der Waals surface area contributed by atoms with Crippen molar-refractivity contribution in [1.29, 1.82) is 0 Å². The monoisotopic (exact) mass is 205 g/mol. The Bertz CT molecular complexity index is 278. The van der Waals surface area contributed by atoms with Gasteiger partial charge in [-0.25, -0.2) is 0 Å². The Morgan fingerprint density at radius 2 is 2.00 bits per heavy atom. The molecule has 1 aromatic carbocycles. The van der Waals surface area contributed by atoms with Gasteiger partial charge in [-0.3, -0.25) is 0 Å². The number of halogens is 2. The van der Waals surface area contributed by atoms with Crippen LogP contribution < -0.4 is 5.73 Å². The second-order valence-corrected chi connectivity index (χ2v) is 3.14. The molecule has 0 saturated heterocycles. The lowest BCUT2D eigenvalue weighted by atomic mass is 10.2.